The Morgan fingerprint density at radius 3 is 2.92 bits per heavy atom. The van der Waals surface area contributed by atoms with Gasteiger partial charge in [-0.3, -0.25) is 4.90 Å². The van der Waals surface area contributed by atoms with Crippen molar-refractivity contribution in [2.45, 2.75) is 25.2 Å². The standard InChI is InChI=1S/C8H16N4/c1-2-6(1)8-11-10-7-5-9-3-4-12(7)8/h6-11H,1-5H2. The van der Waals surface area contributed by atoms with E-state index in [-0.39, 0.29) is 0 Å². The highest BCUT2D eigenvalue weighted by atomic mass is 15.6. The first-order chi connectivity index (χ1) is 5.95. The molecule has 3 fully saturated rings. The molecule has 12 heavy (non-hydrogen) atoms. The van der Waals surface area contributed by atoms with Gasteiger partial charge in [0, 0.05) is 19.6 Å². The highest BCUT2D eigenvalue weighted by Gasteiger charge is 2.42. The monoisotopic (exact) mass is 168 g/mol. The predicted octanol–water partition coefficient (Wildman–Crippen LogP) is -0.938. The van der Waals surface area contributed by atoms with Gasteiger partial charge in [0.15, 0.2) is 0 Å². The van der Waals surface area contributed by atoms with E-state index in [0.29, 0.717) is 12.3 Å². The fourth-order valence-electron chi connectivity index (χ4n) is 2.25. The smallest absolute Gasteiger partial charge is 0.0868 e. The van der Waals surface area contributed by atoms with Gasteiger partial charge in [-0.2, -0.15) is 0 Å². The van der Waals surface area contributed by atoms with E-state index in [1.54, 1.807) is 0 Å². The summed E-state index contributed by atoms with van der Waals surface area (Å²) in [4.78, 5) is 2.56. The molecule has 68 valence electrons. The molecule has 4 heteroatoms. The third-order valence-corrected chi connectivity index (χ3v) is 3.11. The van der Waals surface area contributed by atoms with E-state index in [9.17, 15) is 0 Å². The molecule has 2 aliphatic heterocycles. The van der Waals surface area contributed by atoms with Crippen molar-refractivity contribution < 1.29 is 0 Å². The quantitative estimate of drug-likeness (QED) is 0.473. The predicted molar refractivity (Wildman–Crippen MR) is 46.1 cm³/mol. The van der Waals surface area contributed by atoms with Crippen molar-refractivity contribution in [3.63, 3.8) is 0 Å². The second-order valence-electron chi connectivity index (χ2n) is 4.03. The van der Waals surface area contributed by atoms with Crippen LogP contribution in [0.2, 0.25) is 0 Å². The van der Waals surface area contributed by atoms with Crippen molar-refractivity contribution >= 4 is 0 Å². The molecule has 0 aromatic heterocycles. The van der Waals surface area contributed by atoms with Crippen LogP contribution in [-0.2, 0) is 0 Å². The van der Waals surface area contributed by atoms with Crippen LogP contribution in [0.5, 0.6) is 0 Å². The highest BCUT2D eigenvalue weighted by Crippen LogP contribution is 2.35. The Morgan fingerprint density at radius 2 is 2.08 bits per heavy atom. The van der Waals surface area contributed by atoms with Crippen LogP contribution in [0.1, 0.15) is 12.8 Å². The van der Waals surface area contributed by atoms with Crippen molar-refractivity contribution in [2.75, 3.05) is 19.6 Å². The van der Waals surface area contributed by atoms with Crippen molar-refractivity contribution in [2.24, 2.45) is 5.92 Å². The lowest BCUT2D eigenvalue weighted by atomic mass is 10.2. The number of piperazine rings is 1. The van der Waals surface area contributed by atoms with Gasteiger partial charge in [-0.05, 0) is 18.8 Å². The molecule has 3 rings (SSSR count). The number of fused-ring (bicyclic) bond motifs is 1. The molecule has 0 bridgehead atoms. The SMILES string of the molecule is C1CN2C(CN1)NNC2C1CC1. The minimum Gasteiger partial charge on any atom is -0.313 e. The summed E-state index contributed by atoms with van der Waals surface area (Å²) in [6.45, 7) is 3.41. The maximum atomic E-state index is 3.40. The molecule has 3 N–H and O–H groups in total. The fraction of sp³-hybridized carbons (Fsp3) is 1.00. The Morgan fingerprint density at radius 1 is 1.17 bits per heavy atom. The lowest BCUT2D eigenvalue weighted by Gasteiger charge is -2.32. The lowest BCUT2D eigenvalue weighted by Crippen LogP contribution is -2.53. The number of hydrogen-bond donors (Lipinski definition) is 3. The van der Waals surface area contributed by atoms with Gasteiger partial charge in [-0.1, -0.05) is 0 Å². The average Bonchev–Trinajstić information content (AvgIpc) is 2.86. The molecule has 4 nitrogen and oxygen atoms in total. The van der Waals surface area contributed by atoms with Crippen molar-refractivity contribution in [3.05, 3.63) is 0 Å². The highest BCUT2D eigenvalue weighted by molar-refractivity contribution is 4.94. The van der Waals surface area contributed by atoms with Gasteiger partial charge in [0.25, 0.3) is 0 Å². The van der Waals surface area contributed by atoms with E-state index in [1.165, 1.54) is 19.4 Å². The number of hydrazine groups is 1. The summed E-state index contributed by atoms with van der Waals surface area (Å²) in [7, 11) is 0. The van der Waals surface area contributed by atoms with Gasteiger partial charge in [-0.15, -0.1) is 0 Å². The molecule has 2 saturated heterocycles. The van der Waals surface area contributed by atoms with Gasteiger partial charge in [-0.25, -0.2) is 10.9 Å². The number of nitrogens with one attached hydrogen (secondary N) is 3. The zero-order chi connectivity index (χ0) is 7.97. The van der Waals surface area contributed by atoms with Gasteiger partial charge in [0.2, 0.25) is 0 Å². The van der Waals surface area contributed by atoms with Crippen LogP contribution in [0.15, 0.2) is 0 Å². The lowest BCUT2D eigenvalue weighted by molar-refractivity contribution is 0.139. The van der Waals surface area contributed by atoms with E-state index >= 15 is 0 Å². The first-order valence-corrected chi connectivity index (χ1v) is 4.93. The third-order valence-electron chi connectivity index (χ3n) is 3.11. The summed E-state index contributed by atoms with van der Waals surface area (Å²) < 4.78 is 0. The molecule has 2 heterocycles. The van der Waals surface area contributed by atoms with E-state index < -0.39 is 0 Å². The maximum Gasteiger partial charge on any atom is 0.0868 e. The summed E-state index contributed by atoms with van der Waals surface area (Å²) in [6.07, 6.45) is 3.98. The first kappa shape index (κ1) is 7.26. The molecular formula is C8H16N4. The minimum absolute atomic E-state index is 0.532. The van der Waals surface area contributed by atoms with E-state index in [4.69, 9.17) is 0 Å². The van der Waals surface area contributed by atoms with E-state index in [2.05, 4.69) is 21.1 Å². The molecule has 2 atom stereocenters. The van der Waals surface area contributed by atoms with Crippen molar-refractivity contribution in [1.82, 2.24) is 21.1 Å². The molecule has 1 saturated carbocycles. The van der Waals surface area contributed by atoms with Gasteiger partial charge >= 0.3 is 0 Å². The molecule has 0 aromatic carbocycles. The Labute approximate surface area is 72.7 Å². The van der Waals surface area contributed by atoms with Crippen LogP contribution in [0.4, 0.5) is 0 Å². The third kappa shape index (κ3) is 1.07. The molecule has 0 spiro atoms. The summed E-state index contributed by atoms with van der Waals surface area (Å²) in [5.74, 6) is 0.917. The van der Waals surface area contributed by atoms with Crippen LogP contribution in [-0.4, -0.2) is 36.9 Å². The van der Waals surface area contributed by atoms with E-state index in [0.717, 1.165) is 19.0 Å². The molecule has 0 amide bonds. The Kier molecular flexibility index (Phi) is 1.61. The Balaban J connectivity index is 1.72. The molecule has 2 unspecified atom stereocenters. The number of hydrogen-bond acceptors (Lipinski definition) is 4. The Bertz CT molecular complexity index is 180. The molecule has 3 aliphatic rings. The van der Waals surface area contributed by atoms with Crippen LogP contribution in [0.3, 0.4) is 0 Å². The molecule has 0 aromatic rings. The Hall–Kier alpha value is -0.160. The largest absolute Gasteiger partial charge is 0.313 e. The maximum absolute atomic E-state index is 3.40. The summed E-state index contributed by atoms with van der Waals surface area (Å²) in [6, 6.07) is 0. The number of nitrogens with zero attached hydrogens (tertiary/aromatic N) is 1. The fourth-order valence-corrected chi connectivity index (χ4v) is 2.25. The van der Waals surface area contributed by atoms with Crippen molar-refractivity contribution in [1.29, 1.82) is 0 Å². The zero-order valence-corrected chi connectivity index (χ0v) is 7.21. The average molecular weight is 168 g/mol. The summed E-state index contributed by atoms with van der Waals surface area (Å²) in [5.41, 5.74) is 6.74. The molecular weight excluding hydrogens is 152 g/mol. The second-order valence-corrected chi connectivity index (χ2v) is 4.03. The van der Waals surface area contributed by atoms with Crippen molar-refractivity contribution in [3.8, 4) is 0 Å². The second kappa shape index (κ2) is 2.67. The normalized spacial score (nSPS) is 43.0. The van der Waals surface area contributed by atoms with Gasteiger partial charge in [0.05, 0.1) is 12.3 Å². The van der Waals surface area contributed by atoms with Crippen LogP contribution in [0, 0.1) is 5.92 Å². The zero-order valence-electron chi connectivity index (χ0n) is 7.21. The summed E-state index contributed by atoms with van der Waals surface area (Å²) >= 11 is 0. The van der Waals surface area contributed by atoms with Crippen LogP contribution in [0.25, 0.3) is 0 Å². The van der Waals surface area contributed by atoms with E-state index in [1.807, 2.05) is 0 Å². The first-order valence-electron chi connectivity index (χ1n) is 4.93. The van der Waals surface area contributed by atoms with Gasteiger partial charge < -0.3 is 5.32 Å². The van der Waals surface area contributed by atoms with Crippen LogP contribution < -0.4 is 16.2 Å². The van der Waals surface area contributed by atoms with Gasteiger partial charge in [0.1, 0.15) is 0 Å². The minimum atomic E-state index is 0.532. The molecule has 0 radical (unpaired) electrons. The number of rotatable bonds is 1. The topological polar surface area (TPSA) is 39.3 Å². The van der Waals surface area contributed by atoms with Crippen LogP contribution >= 0.6 is 0 Å². The molecule has 1 aliphatic carbocycles. The summed E-state index contributed by atoms with van der Waals surface area (Å²) in [5, 5.41) is 3.39.